The van der Waals surface area contributed by atoms with Gasteiger partial charge in [-0.15, -0.1) is 0 Å². The third-order valence-corrected chi connectivity index (χ3v) is 4.23. The predicted molar refractivity (Wildman–Crippen MR) is 120 cm³/mol. The SMILES string of the molecule is CC(C)COC(=O)c1ccc(NC(=O)COC(=O)CCCC(=O)Nc2ccc(F)cc2)cc1. The van der Waals surface area contributed by atoms with Gasteiger partial charge in [-0.3, -0.25) is 14.4 Å². The number of anilines is 2. The van der Waals surface area contributed by atoms with Gasteiger partial charge in [0.15, 0.2) is 6.61 Å². The van der Waals surface area contributed by atoms with E-state index in [-0.39, 0.29) is 31.1 Å². The Hall–Kier alpha value is -3.75. The van der Waals surface area contributed by atoms with E-state index < -0.39 is 30.3 Å². The Morgan fingerprint density at radius 1 is 0.818 bits per heavy atom. The van der Waals surface area contributed by atoms with E-state index in [4.69, 9.17) is 9.47 Å². The standard InChI is InChI=1S/C24H27FN2O6/c1-16(2)14-33-24(31)17-6-10-19(11-7-17)27-22(29)15-32-23(30)5-3-4-21(28)26-20-12-8-18(25)9-13-20/h6-13,16H,3-5,14-15H2,1-2H3,(H,26,28)(H,27,29). The third kappa shape index (κ3) is 9.94. The number of amides is 2. The van der Waals surface area contributed by atoms with Gasteiger partial charge < -0.3 is 20.1 Å². The molecule has 0 unspecified atom stereocenters. The van der Waals surface area contributed by atoms with Crippen LogP contribution in [-0.4, -0.2) is 37.0 Å². The molecule has 8 nitrogen and oxygen atoms in total. The largest absolute Gasteiger partial charge is 0.462 e. The maximum Gasteiger partial charge on any atom is 0.338 e. The fraction of sp³-hybridized carbons (Fsp3) is 0.333. The van der Waals surface area contributed by atoms with E-state index in [0.717, 1.165) is 0 Å². The van der Waals surface area contributed by atoms with Crippen LogP contribution in [0.3, 0.4) is 0 Å². The summed E-state index contributed by atoms with van der Waals surface area (Å²) >= 11 is 0. The first-order valence-electron chi connectivity index (χ1n) is 10.5. The number of carbonyl (C=O) groups excluding carboxylic acids is 4. The molecule has 0 aliphatic rings. The molecule has 0 saturated carbocycles. The molecule has 0 spiro atoms. The summed E-state index contributed by atoms with van der Waals surface area (Å²) in [5, 5.41) is 5.15. The molecule has 0 atom stereocenters. The first-order valence-corrected chi connectivity index (χ1v) is 10.5. The number of carbonyl (C=O) groups is 4. The lowest BCUT2D eigenvalue weighted by atomic mass is 10.2. The summed E-state index contributed by atoms with van der Waals surface area (Å²) in [5.41, 5.74) is 1.26. The summed E-state index contributed by atoms with van der Waals surface area (Å²) in [6.45, 7) is 3.72. The molecule has 2 aromatic rings. The van der Waals surface area contributed by atoms with E-state index in [1.54, 1.807) is 12.1 Å². The predicted octanol–water partition coefficient (Wildman–Crippen LogP) is 3.93. The zero-order valence-electron chi connectivity index (χ0n) is 18.6. The Kier molecular flexibility index (Phi) is 10.0. The Morgan fingerprint density at radius 2 is 1.39 bits per heavy atom. The molecule has 0 bridgehead atoms. The molecule has 176 valence electrons. The maximum atomic E-state index is 12.9. The number of rotatable bonds is 11. The van der Waals surface area contributed by atoms with Gasteiger partial charge in [0.25, 0.3) is 5.91 Å². The molecule has 33 heavy (non-hydrogen) atoms. The highest BCUT2D eigenvalue weighted by molar-refractivity contribution is 5.94. The second-order valence-electron chi connectivity index (χ2n) is 7.69. The normalized spacial score (nSPS) is 10.4. The topological polar surface area (TPSA) is 111 Å². The van der Waals surface area contributed by atoms with E-state index in [2.05, 4.69) is 10.6 Å². The van der Waals surface area contributed by atoms with Crippen LogP contribution in [0.15, 0.2) is 48.5 Å². The van der Waals surface area contributed by atoms with Crippen molar-refractivity contribution in [3.63, 3.8) is 0 Å². The lowest BCUT2D eigenvalue weighted by Gasteiger charge is -2.09. The van der Waals surface area contributed by atoms with Crippen LogP contribution < -0.4 is 10.6 Å². The van der Waals surface area contributed by atoms with Crippen LogP contribution >= 0.6 is 0 Å². The van der Waals surface area contributed by atoms with Gasteiger partial charge >= 0.3 is 11.9 Å². The second-order valence-corrected chi connectivity index (χ2v) is 7.69. The highest BCUT2D eigenvalue weighted by Gasteiger charge is 2.11. The van der Waals surface area contributed by atoms with Crippen molar-refractivity contribution < 1.29 is 33.0 Å². The molecule has 0 saturated heterocycles. The van der Waals surface area contributed by atoms with Crippen molar-refractivity contribution in [2.24, 2.45) is 5.92 Å². The van der Waals surface area contributed by atoms with E-state index in [9.17, 15) is 23.6 Å². The van der Waals surface area contributed by atoms with Crippen LogP contribution in [0.2, 0.25) is 0 Å². The molecule has 0 heterocycles. The Bertz CT molecular complexity index is 958. The second kappa shape index (κ2) is 12.9. The monoisotopic (exact) mass is 458 g/mol. The van der Waals surface area contributed by atoms with Crippen molar-refractivity contribution in [2.45, 2.75) is 33.1 Å². The smallest absolute Gasteiger partial charge is 0.338 e. The number of esters is 2. The number of hydrogen-bond donors (Lipinski definition) is 2. The zero-order valence-corrected chi connectivity index (χ0v) is 18.6. The van der Waals surface area contributed by atoms with Gasteiger partial charge in [-0.2, -0.15) is 0 Å². The molecular formula is C24H27FN2O6. The van der Waals surface area contributed by atoms with Crippen molar-refractivity contribution in [1.29, 1.82) is 0 Å². The molecule has 2 N–H and O–H groups in total. The summed E-state index contributed by atoms with van der Waals surface area (Å²) in [6, 6.07) is 11.5. The molecule has 0 aliphatic carbocycles. The fourth-order valence-electron chi connectivity index (χ4n) is 2.58. The first-order chi connectivity index (χ1) is 15.7. The van der Waals surface area contributed by atoms with E-state index in [1.807, 2.05) is 13.8 Å². The first kappa shape index (κ1) is 25.5. The fourth-order valence-corrected chi connectivity index (χ4v) is 2.58. The lowest BCUT2D eigenvalue weighted by molar-refractivity contribution is -0.147. The number of hydrogen-bond acceptors (Lipinski definition) is 6. The van der Waals surface area contributed by atoms with Crippen molar-refractivity contribution in [3.8, 4) is 0 Å². The lowest BCUT2D eigenvalue weighted by Crippen LogP contribution is -2.21. The van der Waals surface area contributed by atoms with Gasteiger partial charge in [0.05, 0.1) is 12.2 Å². The Balaban J connectivity index is 1.64. The van der Waals surface area contributed by atoms with Crippen molar-refractivity contribution in [1.82, 2.24) is 0 Å². The number of benzene rings is 2. The minimum absolute atomic E-state index is 0.0305. The highest BCUT2D eigenvalue weighted by atomic mass is 19.1. The molecule has 2 amide bonds. The van der Waals surface area contributed by atoms with Gasteiger partial charge in [0, 0.05) is 24.2 Å². The maximum absolute atomic E-state index is 12.9. The number of halogens is 1. The Labute approximate surface area is 191 Å². The van der Waals surface area contributed by atoms with E-state index in [1.165, 1.54) is 36.4 Å². The van der Waals surface area contributed by atoms with Gasteiger partial charge in [-0.25, -0.2) is 9.18 Å². The number of ether oxygens (including phenoxy) is 2. The minimum Gasteiger partial charge on any atom is -0.462 e. The average Bonchev–Trinajstić information content (AvgIpc) is 2.78. The number of nitrogens with one attached hydrogen (secondary N) is 2. The molecule has 2 aromatic carbocycles. The summed E-state index contributed by atoms with van der Waals surface area (Å²) in [7, 11) is 0. The molecule has 0 aliphatic heterocycles. The van der Waals surface area contributed by atoms with Gasteiger partial charge in [-0.05, 0) is 60.9 Å². The zero-order chi connectivity index (χ0) is 24.2. The summed E-state index contributed by atoms with van der Waals surface area (Å²) in [6.07, 6.45) is 0.282. The summed E-state index contributed by atoms with van der Waals surface area (Å²) in [5.74, 6) is -2.08. The van der Waals surface area contributed by atoms with Crippen molar-refractivity contribution in [3.05, 3.63) is 59.9 Å². The van der Waals surface area contributed by atoms with Gasteiger partial charge in [-0.1, -0.05) is 13.8 Å². The van der Waals surface area contributed by atoms with Crippen LogP contribution in [0.5, 0.6) is 0 Å². The minimum atomic E-state index is -0.608. The van der Waals surface area contributed by atoms with Crippen molar-refractivity contribution in [2.75, 3.05) is 23.8 Å². The van der Waals surface area contributed by atoms with Gasteiger partial charge in [0.2, 0.25) is 5.91 Å². The molecular weight excluding hydrogens is 431 g/mol. The average molecular weight is 458 g/mol. The van der Waals surface area contributed by atoms with Crippen molar-refractivity contribution >= 4 is 35.1 Å². The molecule has 0 aromatic heterocycles. The van der Waals surface area contributed by atoms with Crippen LogP contribution in [0, 0.1) is 11.7 Å². The van der Waals surface area contributed by atoms with Crippen LogP contribution in [0.4, 0.5) is 15.8 Å². The molecule has 2 rings (SSSR count). The highest BCUT2D eigenvalue weighted by Crippen LogP contribution is 2.12. The quantitative estimate of drug-likeness (QED) is 0.494. The summed E-state index contributed by atoms with van der Waals surface area (Å²) < 4.78 is 22.9. The van der Waals surface area contributed by atoms with Crippen LogP contribution in [-0.2, 0) is 23.9 Å². The molecule has 0 fully saturated rings. The summed E-state index contributed by atoms with van der Waals surface area (Å²) in [4.78, 5) is 47.4. The van der Waals surface area contributed by atoms with E-state index in [0.29, 0.717) is 23.5 Å². The molecule has 0 radical (unpaired) electrons. The molecule has 9 heteroatoms. The van der Waals surface area contributed by atoms with Gasteiger partial charge in [0.1, 0.15) is 5.82 Å². The Morgan fingerprint density at radius 3 is 2.00 bits per heavy atom. The van der Waals surface area contributed by atoms with E-state index >= 15 is 0 Å². The third-order valence-electron chi connectivity index (χ3n) is 4.23. The van der Waals surface area contributed by atoms with Crippen LogP contribution in [0.1, 0.15) is 43.5 Å². The van der Waals surface area contributed by atoms with Crippen LogP contribution in [0.25, 0.3) is 0 Å².